The molecule has 0 saturated heterocycles. The van der Waals surface area contributed by atoms with Gasteiger partial charge in [-0.3, -0.25) is 0 Å². The van der Waals surface area contributed by atoms with E-state index in [-0.39, 0.29) is 0 Å². The van der Waals surface area contributed by atoms with Crippen LogP contribution in [0.3, 0.4) is 0 Å². The number of hydrogen-bond acceptors (Lipinski definition) is 1. The predicted octanol–water partition coefficient (Wildman–Crippen LogP) is 3.98. The summed E-state index contributed by atoms with van der Waals surface area (Å²) in [6.07, 6.45) is 8.49. The summed E-state index contributed by atoms with van der Waals surface area (Å²) in [6.45, 7) is 10.9. The van der Waals surface area contributed by atoms with Gasteiger partial charge in [-0.25, -0.2) is 0 Å². The highest BCUT2D eigenvalue weighted by Crippen LogP contribution is 2.51. The van der Waals surface area contributed by atoms with E-state index in [1.165, 1.54) is 45.1 Å². The summed E-state index contributed by atoms with van der Waals surface area (Å²) in [4.78, 5) is 0. The molecular weight excluding hydrogens is 194 g/mol. The van der Waals surface area contributed by atoms with Crippen LogP contribution < -0.4 is 5.32 Å². The lowest BCUT2D eigenvalue weighted by Crippen LogP contribution is -2.39. The first-order valence-corrected chi connectivity index (χ1v) is 7.17. The van der Waals surface area contributed by atoms with Gasteiger partial charge in [0.2, 0.25) is 0 Å². The molecule has 0 aromatic heterocycles. The van der Waals surface area contributed by atoms with Gasteiger partial charge in [-0.05, 0) is 55.3 Å². The van der Waals surface area contributed by atoms with Crippen LogP contribution in [-0.4, -0.2) is 12.6 Å². The molecule has 1 N–H and O–H groups in total. The van der Waals surface area contributed by atoms with E-state index in [0.717, 1.165) is 12.0 Å². The molecule has 0 aromatic rings. The van der Waals surface area contributed by atoms with Crippen LogP contribution in [0.25, 0.3) is 0 Å². The monoisotopic (exact) mass is 223 g/mol. The number of nitrogens with one attached hydrogen (secondary N) is 1. The van der Waals surface area contributed by atoms with E-state index < -0.39 is 0 Å². The van der Waals surface area contributed by atoms with Crippen LogP contribution in [0.15, 0.2) is 0 Å². The van der Waals surface area contributed by atoms with Crippen LogP contribution in [0.1, 0.15) is 66.2 Å². The third-order valence-corrected chi connectivity index (χ3v) is 5.20. The zero-order valence-corrected chi connectivity index (χ0v) is 11.6. The Balaban J connectivity index is 1.72. The molecule has 0 aromatic carbocycles. The Morgan fingerprint density at radius 1 is 1.06 bits per heavy atom. The second-order valence-electron chi connectivity index (χ2n) is 7.34. The standard InChI is InChI=1S/C15H29N/c1-12(2)15(9-10-15)11-16-13-5-7-14(3,4)8-6-13/h12-13,16H,5-11H2,1-4H3. The second kappa shape index (κ2) is 4.33. The fourth-order valence-electron chi connectivity index (χ4n) is 3.07. The van der Waals surface area contributed by atoms with Crippen molar-refractivity contribution in [1.29, 1.82) is 0 Å². The lowest BCUT2D eigenvalue weighted by molar-refractivity contribution is 0.196. The molecule has 0 amide bonds. The predicted molar refractivity (Wildman–Crippen MR) is 70.5 cm³/mol. The first-order chi connectivity index (χ1) is 7.44. The van der Waals surface area contributed by atoms with Crippen molar-refractivity contribution in [3.8, 4) is 0 Å². The van der Waals surface area contributed by atoms with Crippen molar-refractivity contribution in [2.24, 2.45) is 16.7 Å². The zero-order valence-electron chi connectivity index (χ0n) is 11.6. The van der Waals surface area contributed by atoms with Gasteiger partial charge >= 0.3 is 0 Å². The molecule has 0 spiro atoms. The van der Waals surface area contributed by atoms with Gasteiger partial charge in [0.15, 0.2) is 0 Å². The number of rotatable bonds is 4. The molecule has 0 heterocycles. The maximum absolute atomic E-state index is 3.84. The minimum absolute atomic E-state index is 0.605. The molecule has 2 aliphatic rings. The van der Waals surface area contributed by atoms with Crippen LogP contribution in [0, 0.1) is 16.7 Å². The van der Waals surface area contributed by atoms with Crippen LogP contribution >= 0.6 is 0 Å². The average Bonchev–Trinajstić information content (AvgIpc) is 2.97. The molecule has 94 valence electrons. The van der Waals surface area contributed by atoms with E-state index in [1.807, 2.05) is 0 Å². The first kappa shape index (κ1) is 12.4. The van der Waals surface area contributed by atoms with Crippen molar-refractivity contribution < 1.29 is 0 Å². The Kier molecular flexibility index (Phi) is 3.36. The summed E-state index contributed by atoms with van der Waals surface area (Å²) in [5, 5.41) is 3.84. The third kappa shape index (κ3) is 2.80. The van der Waals surface area contributed by atoms with Crippen LogP contribution in [-0.2, 0) is 0 Å². The molecule has 0 aliphatic heterocycles. The smallest absolute Gasteiger partial charge is 0.00676 e. The van der Waals surface area contributed by atoms with Crippen molar-refractivity contribution in [3.63, 3.8) is 0 Å². The van der Waals surface area contributed by atoms with E-state index in [4.69, 9.17) is 0 Å². The summed E-state index contributed by atoms with van der Waals surface area (Å²) >= 11 is 0. The highest BCUT2D eigenvalue weighted by Gasteiger charge is 2.45. The summed E-state index contributed by atoms with van der Waals surface area (Å²) in [5.41, 5.74) is 1.28. The van der Waals surface area contributed by atoms with Crippen LogP contribution in [0.2, 0.25) is 0 Å². The summed E-state index contributed by atoms with van der Waals surface area (Å²) in [7, 11) is 0. The lowest BCUT2D eigenvalue weighted by Gasteiger charge is -2.35. The molecule has 16 heavy (non-hydrogen) atoms. The maximum Gasteiger partial charge on any atom is 0.00676 e. The molecule has 2 rings (SSSR count). The lowest BCUT2D eigenvalue weighted by atomic mass is 9.75. The van der Waals surface area contributed by atoms with Crippen molar-refractivity contribution in [2.45, 2.75) is 72.3 Å². The quantitative estimate of drug-likeness (QED) is 0.760. The van der Waals surface area contributed by atoms with Crippen LogP contribution in [0.4, 0.5) is 0 Å². The topological polar surface area (TPSA) is 12.0 Å². The maximum atomic E-state index is 3.84. The molecule has 0 radical (unpaired) electrons. The van der Waals surface area contributed by atoms with E-state index >= 15 is 0 Å². The first-order valence-electron chi connectivity index (χ1n) is 7.17. The summed E-state index contributed by atoms with van der Waals surface area (Å²) in [6, 6.07) is 0.809. The normalized spacial score (nSPS) is 28.3. The molecule has 0 atom stereocenters. The summed E-state index contributed by atoms with van der Waals surface area (Å²) in [5.74, 6) is 0.861. The molecule has 1 nitrogen and oxygen atoms in total. The molecule has 2 saturated carbocycles. The summed E-state index contributed by atoms with van der Waals surface area (Å²) < 4.78 is 0. The fourth-order valence-corrected chi connectivity index (χ4v) is 3.07. The second-order valence-corrected chi connectivity index (χ2v) is 7.34. The molecule has 0 unspecified atom stereocenters. The molecule has 2 aliphatic carbocycles. The van der Waals surface area contributed by atoms with Crippen molar-refractivity contribution in [3.05, 3.63) is 0 Å². The average molecular weight is 223 g/mol. The van der Waals surface area contributed by atoms with Crippen molar-refractivity contribution >= 4 is 0 Å². The Morgan fingerprint density at radius 3 is 2.06 bits per heavy atom. The van der Waals surface area contributed by atoms with Gasteiger partial charge in [-0.2, -0.15) is 0 Å². The van der Waals surface area contributed by atoms with Gasteiger partial charge in [-0.1, -0.05) is 27.7 Å². The zero-order chi connectivity index (χ0) is 11.8. The van der Waals surface area contributed by atoms with E-state index in [0.29, 0.717) is 10.8 Å². The van der Waals surface area contributed by atoms with E-state index in [2.05, 4.69) is 33.0 Å². The molecule has 2 fully saturated rings. The Hall–Kier alpha value is -0.0400. The molecular formula is C15H29N. The van der Waals surface area contributed by atoms with E-state index in [1.54, 1.807) is 0 Å². The van der Waals surface area contributed by atoms with Gasteiger partial charge < -0.3 is 5.32 Å². The largest absolute Gasteiger partial charge is 0.313 e. The van der Waals surface area contributed by atoms with E-state index in [9.17, 15) is 0 Å². The Bertz CT molecular complexity index is 228. The van der Waals surface area contributed by atoms with Gasteiger partial charge in [0.05, 0.1) is 0 Å². The van der Waals surface area contributed by atoms with Gasteiger partial charge in [0, 0.05) is 12.6 Å². The van der Waals surface area contributed by atoms with Crippen LogP contribution in [0.5, 0.6) is 0 Å². The van der Waals surface area contributed by atoms with Crippen molar-refractivity contribution in [1.82, 2.24) is 5.32 Å². The van der Waals surface area contributed by atoms with Crippen molar-refractivity contribution in [2.75, 3.05) is 6.54 Å². The van der Waals surface area contributed by atoms with Gasteiger partial charge in [-0.15, -0.1) is 0 Å². The SMILES string of the molecule is CC(C)C1(CNC2CCC(C)(C)CC2)CC1. The minimum atomic E-state index is 0.605. The highest BCUT2D eigenvalue weighted by molar-refractivity contribution is 4.98. The Morgan fingerprint density at radius 2 is 1.62 bits per heavy atom. The fraction of sp³-hybridized carbons (Fsp3) is 1.00. The highest BCUT2D eigenvalue weighted by atomic mass is 14.9. The number of hydrogen-bond donors (Lipinski definition) is 1. The minimum Gasteiger partial charge on any atom is -0.313 e. The van der Waals surface area contributed by atoms with Gasteiger partial charge in [0.25, 0.3) is 0 Å². The molecule has 0 bridgehead atoms. The molecule has 1 heteroatoms. The third-order valence-electron chi connectivity index (χ3n) is 5.20. The van der Waals surface area contributed by atoms with Gasteiger partial charge in [0.1, 0.15) is 0 Å². The Labute approximate surface area is 101 Å².